The molecular formula is C23H26N4O5. The summed E-state index contributed by atoms with van der Waals surface area (Å²) in [5.74, 6) is -0.447. The van der Waals surface area contributed by atoms with Gasteiger partial charge in [-0.05, 0) is 51.0 Å². The molecule has 2 unspecified atom stereocenters. The monoisotopic (exact) mass is 438 g/mol. The fraction of sp³-hybridized carbons (Fsp3) is 0.391. The normalized spacial score (nSPS) is 18.4. The summed E-state index contributed by atoms with van der Waals surface area (Å²) in [7, 11) is 0. The van der Waals surface area contributed by atoms with Crippen molar-refractivity contribution in [3.8, 4) is 11.3 Å². The lowest BCUT2D eigenvalue weighted by atomic mass is 10.0. The van der Waals surface area contributed by atoms with Crippen LogP contribution in [-0.2, 0) is 16.1 Å². The Bertz CT molecular complexity index is 1100. The molecule has 1 aliphatic rings. The van der Waals surface area contributed by atoms with Gasteiger partial charge >= 0.3 is 5.97 Å². The largest absolute Gasteiger partial charge is 0.481 e. The number of carbonyl (C=O) groups is 2. The van der Waals surface area contributed by atoms with E-state index in [-0.39, 0.29) is 24.1 Å². The first kappa shape index (κ1) is 21.8. The zero-order valence-corrected chi connectivity index (χ0v) is 18.1. The molecule has 168 valence electrons. The van der Waals surface area contributed by atoms with Gasteiger partial charge in [-0.3, -0.25) is 9.59 Å². The highest BCUT2D eigenvalue weighted by Crippen LogP contribution is 2.21. The zero-order valence-electron chi connectivity index (χ0n) is 18.1. The van der Waals surface area contributed by atoms with Gasteiger partial charge in [-0.25, -0.2) is 4.68 Å². The smallest absolute Gasteiger partial charge is 0.305 e. The minimum atomic E-state index is -0.911. The third kappa shape index (κ3) is 5.42. The number of ether oxygens (including phenoxy) is 1. The van der Waals surface area contributed by atoms with E-state index >= 15 is 0 Å². The summed E-state index contributed by atoms with van der Waals surface area (Å²) >= 11 is 0. The molecule has 1 amide bonds. The fourth-order valence-corrected chi connectivity index (χ4v) is 3.98. The van der Waals surface area contributed by atoms with E-state index < -0.39 is 12.1 Å². The van der Waals surface area contributed by atoms with Crippen molar-refractivity contribution < 1.29 is 23.8 Å². The van der Waals surface area contributed by atoms with Crippen molar-refractivity contribution >= 4 is 11.9 Å². The Hall–Kier alpha value is -3.46. The van der Waals surface area contributed by atoms with Gasteiger partial charge in [0, 0.05) is 18.2 Å². The number of amides is 1. The van der Waals surface area contributed by atoms with E-state index in [0.29, 0.717) is 31.8 Å². The van der Waals surface area contributed by atoms with Crippen molar-refractivity contribution in [1.82, 2.24) is 20.3 Å². The van der Waals surface area contributed by atoms with Gasteiger partial charge < -0.3 is 19.6 Å². The summed E-state index contributed by atoms with van der Waals surface area (Å²) in [6.07, 6.45) is 2.49. The lowest BCUT2D eigenvalue weighted by Gasteiger charge is -2.29. The van der Waals surface area contributed by atoms with E-state index in [4.69, 9.17) is 14.3 Å². The van der Waals surface area contributed by atoms with E-state index in [1.54, 1.807) is 16.8 Å². The topological polar surface area (TPSA) is 119 Å². The molecule has 1 fully saturated rings. The van der Waals surface area contributed by atoms with Gasteiger partial charge in [0.1, 0.15) is 18.0 Å². The van der Waals surface area contributed by atoms with Crippen LogP contribution in [0.3, 0.4) is 0 Å². The molecule has 32 heavy (non-hydrogen) atoms. The number of aromatic nitrogens is 3. The number of carboxylic acids is 1. The van der Waals surface area contributed by atoms with Crippen molar-refractivity contribution in [2.75, 3.05) is 6.61 Å². The molecule has 1 aromatic carbocycles. The van der Waals surface area contributed by atoms with Crippen LogP contribution in [0.5, 0.6) is 0 Å². The highest BCUT2D eigenvalue weighted by Gasteiger charge is 2.26. The number of aliphatic carboxylic acids is 1. The molecule has 9 heteroatoms. The van der Waals surface area contributed by atoms with Crippen LogP contribution in [0.4, 0.5) is 0 Å². The minimum Gasteiger partial charge on any atom is -0.481 e. The third-order valence-corrected chi connectivity index (χ3v) is 5.36. The first-order valence-corrected chi connectivity index (χ1v) is 10.6. The second-order valence-corrected chi connectivity index (χ2v) is 8.23. The predicted molar refractivity (Wildman–Crippen MR) is 115 cm³/mol. The van der Waals surface area contributed by atoms with Crippen LogP contribution < -0.4 is 5.32 Å². The Kier molecular flexibility index (Phi) is 6.36. The van der Waals surface area contributed by atoms with Crippen LogP contribution in [-0.4, -0.2) is 50.7 Å². The van der Waals surface area contributed by atoms with E-state index in [2.05, 4.69) is 33.8 Å². The Morgan fingerprint density at radius 3 is 2.75 bits per heavy atom. The average Bonchev–Trinajstić information content (AvgIpc) is 3.37. The number of hydrogen-bond donors (Lipinski definition) is 2. The number of furan rings is 1. The second-order valence-electron chi connectivity index (χ2n) is 8.23. The number of nitrogens with zero attached hydrogens (tertiary/aromatic N) is 3. The molecule has 0 spiro atoms. The number of hydrogen-bond acceptors (Lipinski definition) is 6. The van der Waals surface area contributed by atoms with Gasteiger partial charge in [-0.1, -0.05) is 22.4 Å². The third-order valence-electron chi connectivity index (χ3n) is 5.36. The van der Waals surface area contributed by atoms with Crippen molar-refractivity contribution in [3.63, 3.8) is 0 Å². The molecular weight excluding hydrogens is 412 g/mol. The quantitative estimate of drug-likeness (QED) is 0.582. The van der Waals surface area contributed by atoms with Crippen LogP contribution in [0.25, 0.3) is 11.3 Å². The van der Waals surface area contributed by atoms with E-state index in [9.17, 15) is 9.59 Å². The van der Waals surface area contributed by atoms with Crippen LogP contribution >= 0.6 is 0 Å². The maximum atomic E-state index is 12.6. The summed E-state index contributed by atoms with van der Waals surface area (Å²) in [6.45, 7) is 4.86. The molecule has 2 atom stereocenters. The number of carboxylic acid groups (broad SMARTS) is 1. The Labute approximate surface area is 185 Å². The Morgan fingerprint density at radius 1 is 1.22 bits per heavy atom. The molecule has 0 radical (unpaired) electrons. The summed E-state index contributed by atoms with van der Waals surface area (Å²) in [6, 6.07) is 9.45. The molecule has 2 N–H and O–H groups in total. The van der Waals surface area contributed by atoms with Gasteiger partial charge in [-0.15, -0.1) is 5.10 Å². The summed E-state index contributed by atoms with van der Waals surface area (Å²) in [5.41, 5.74) is 4.10. The number of nitrogens with one attached hydrogen (secondary N) is 1. The molecule has 1 aliphatic heterocycles. The van der Waals surface area contributed by atoms with E-state index in [1.165, 1.54) is 0 Å². The summed E-state index contributed by atoms with van der Waals surface area (Å²) in [5, 5.41) is 20.3. The van der Waals surface area contributed by atoms with Crippen molar-refractivity contribution in [1.29, 1.82) is 0 Å². The summed E-state index contributed by atoms with van der Waals surface area (Å²) < 4.78 is 12.8. The van der Waals surface area contributed by atoms with Gasteiger partial charge in [-0.2, -0.15) is 0 Å². The lowest BCUT2D eigenvalue weighted by molar-refractivity contribution is -0.141. The highest BCUT2D eigenvalue weighted by atomic mass is 16.5. The van der Waals surface area contributed by atoms with Gasteiger partial charge in [0.05, 0.1) is 18.7 Å². The lowest BCUT2D eigenvalue weighted by Crippen LogP contribution is -2.42. The van der Waals surface area contributed by atoms with E-state index in [1.807, 2.05) is 20.0 Å². The van der Waals surface area contributed by atoms with Crippen molar-refractivity contribution in [2.45, 2.75) is 51.8 Å². The van der Waals surface area contributed by atoms with Gasteiger partial charge in [0.2, 0.25) is 0 Å². The molecule has 3 aromatic rings. The Morgan fingerprint density at radius 2 is 2.00 bits per heavy atom. The molecule has 9 nitrogen and oxygen atoms in total. The Balaban J connectivity index is 1.36. The molecule has 4 rings (SSSR count). The second kappa shape index (κ2) is 9.35. The minimum absolute atomic E-state index is 0.0702. The maximum Gasteiger partial charge on any atom is 0.305 e. The molecule has 1 saturated heterocycles. The number of carbonyl (C=O) groups excluding carboxylic acids is 1. The SMILES string of the molecule is Cc1cc(C)cc(-c2cn(Cc3ccc(C(=O)NC4CCOC(CC(=O)O)C4)o3)nn2)c1. The maximum absolute atomic E-state index is 12.6. The fourth-order valence-electron chi connectivity index (χ4n) is 3.98. The zero-order chi connectivity index (χ0) is 22.7. The summed E-state index contributed by atoms with van der Waals surface area (Å²) in [4.78, 5) is 23.5. The number of aryl methyl sites for hydroxylation is 2. The first-order chi connectivity index (χ1) is 15.4. The molecule has 0 bridgehead atoms. The molecule has 3 heterocycles. The van der Waals surface area contributed by atoms with Gasteiger partial charge in [0.15, 0.2) is 5.76 Å². The van der Waals surface area contributed by atoms with Crippen molar-refractivity contribution in [3.05, 3.63) is 59.2 Å². The average molecular weight is 438 g/mol. The number of benzene rings is 1. The predicted octanol–water partition coefficient (Wildman–Crippen LogP) is 2.96. The number of rotatable bonds is 7. The van der Waals surface area contributed by atoms with Crippen LogP contribution in [0.15, 0.2) is 40.9 Å². The van der Waals surface area contributed by atoms with Crippen LogP contribution in [0.2, 0.25) is 0 Å². The van der Waals surface area contributed by atoms with Crippen LogP contribution in [0.1, 0.15) is 46.7 Å². The molecule has 2 aromatic heterocycles. The van der Waals surface area contributed by atoms with Gasteiger partial charge in [0.25, 0.3) is 5.91 Å². The molecule has 0 saturated carbocycles. The first-order valence-electron chi connectivity index (χ1n) is 10.6. The standard InChI is InChI=1S/C23H26N4O5/c1-14-7-15(2)9-16(8-14)20-13-27(26-25-20)12-18-3-4-21(32-18)23(30)24-17-5-6-31-19(10-17)11-22(28)29/h3-4,7-9,13,17,19H,5-6,10-12H2,1-2H3,(H,24,30)(H,28,29). The van der Waals surface area contributed by atoms with E-state index in [0.717, 1.165) is 22.4 Å². The van der Waals surface area contributed by atoms with Crippen LogP contribution in [0, 0.1) is 13.8 Å². The molecule has 0 aliphatic carbocycles. The van der Waals surface area contributed by atoms with Crippen molar-refractivity contribution in [2.24, 2.45) is 0 Å². The highest BCUT2D eigenvalue weighted by molar-refractivity contribution is 5.91.